The predicted molar refractivity (Wildman–Crippen MR) is 82.2 cm³/mol. The van der Waals surface area contributed by atoms with Gasteiger partial charge in [-0.15, -0.1) is 0 Å². The number of rotatable bonds is 3. The number of thioether (sulfide) groups is 1. The van der Waals surface area contributed by atoms with Crippen molar-refractivity contribution < 1.29 is 4.79 Å². The minimum atomic E-state index is 0.00602. The van der Waals surface area contributed by atoms with Gasteiger partial charge in [0.2, 0.25) is 5.91 Å². The summed E-state index contributed by atoms with van der Waals surface area (Å²) < 4.78 is 0.857. The Balaban J connectivity index is 1.98. The molecule has 1 amide bonds. The molecular formula is C14H15BrN2OS. The average Bonchev–Trinajstić information content (AvgIpc) is 2.40. The number of anilines is 1. The number of carbonyl (C=O) groups is 1. The molecule has 2 rings (SSSR count). The molecule has 1 fully saturated rings. The molecule has 1 aromatic carbocycles. The van der Waals surface area contributed by atoms with Crippen molar-refractivity contribution in [3.63, 3.8) is 0 Å². The zero-order valence-corrected chi connectivity index (χ0v) is 12.9. The number of benzene rings is 1. The molecule has 3 nitrogen and oxygen atoms in total. The van der Waals surface area contributed by atoms with E-state index in [2.05, 4.69) is 27.3 Å². The van der Waals surface area contributed by atoms with E-state index in [1.165, 1.54) is 0 Å². The number of amides is 1. The molecule has 0 atom stereocenters. The van der Waals surface area contributed by atoms with Crippen LogP contribution in [0.1, 0.15) is 24.8 Å². The standard InChI is InChI=1S/C14H15BrN2OS/c15-12-2-1-11(9-16)13(8-12)17-14(18)7-10-3-5-19-6-4-10/h1-2,8,10H,3-7H2,(H,17,18). The SMILES string of the molecule is N#Cc1ccc(Br)cc1NC(=O)CC1CCSCC1. The molecule has 19 heavy (non-hydrogen) atoms. The highest BCUT2D eigenvalue weighted by molar-refractivity contribution is 9.10. The van der Waals surface area contributed by atoms with Crippen LogP contribution in [-0.4, -0.2) is 17.4 Å². The molecule has 0 spiro atoms. The third kappa shape index (κ3) is 4.26. The fourth-order valence-electron chi connectivity index (χ4n) is 2.13. The first-order valence-electron chi connectivity index (χ1n) is 6.26. The summed E-state index contributed by atoms with van der Waals surface area (Å²) in [6.45, 7) is 0. The van der Waals surface area contributed by atoms with E-state index in [1.54, 1.807) is 18.2 Å². The van der Waals surface area contributed by atoms with Crippen LogP contribution in [0.2, 0.25) is 0 Å². The summed E-state index contributed by atoms with van der Waals surface area (Å²) in [5.74, 6) is 2.79. The van der Waals surface area contributed by atoms with E-state index in [0.717, 1.165) is 28.8 Å². The van der Waals surface area contributed by atoms with Gasteiger partial charge >= 0.3 is 0 Å². The maximum absolute atomic E-state index is 12.0. The molecule has 5 heteroatoms. The van der Waals surface area contributed by atoms with Gasteiger partial charge in [-0.05, 0) is 48.5 Å². The lowest BCUT2D eigenvalue weighted by Gasteiger charge is -2.20. The van der Waals surface area contributed by atoms with Gasteiger partial charge in [0, 0.05) is 10.9 Å². The molecular weight excluding hydrogens is 324 g/mol. The highest BCUT2D eigenvalue weighted by atomic mass is 79.9. The van der Waals surface area contributed by atoms with Crippen LogP contribution in [0.4, 0.5) is 5.69 Å². The zero-order chi connectivity index (χ0) is 13.7. The summed E-state index contributed by atoms with van der Waals surface area (Å²) in [7, 11) is 0. The summed E-state index contributed by atoms with van der Waals surface area (Å²) in [6, 6.07) is 7.37. The van der Waals surface area contributed by atoms with Crippen LogP contribution in [-0.2, 0) is 4.79 Å². The van der Waals surface area contributed by atoms with Crippen LogP contribution in [0, 0.1) is 17.2 Å². The Hall–Kier alpha value is -0.990. The summed E-state index contributed by atoms with van der Waals surface area (Å²) in [4.78, 5) is 12.0. The summed E-state index contributed by atoms with van der Waals surface area (Å²) in [6.07, 6.45) is 2.78. The molecule has 1 aliphatic rings. The van der Waals surface area contributed by atoms with Gasteiger partial charge in [0.25, 0.3) is 0 Å². The number of halogens is 1. The molecule has 1 saturated heterocycles. The van der Waals surface area contributed by atoms with Gasteiger partial charge in [-0.1, -0.05) is 15.9 Å². The Kier molecular flexibility index (Phi) is 5.29. The monoisotopic (exact) mass is 338 g/mol. The fraction of sp³-hybridized carbons (Fsp3) is 0.429. The molecule has 0 radical (unpaired) electrons. The number of nitrogens with zero attached hydrogens (tertiary/aromatic N) is 1. The summed E-state index contributed by atoms with van der Waals surface area (Å²) in [5.41, 5.74) is 1.09. The van der Waals surface area contributed by atoms with E-state index >= 15 is 0 Å². The van der Waals surface area contributed by atoms with Crippen LogP contribution in [0.5, 0.6) is 0 Å². The van der Waals surface area contributed by atoms with E-state index in [9.17, 15) is 4.79 Å². The molecule has 1 heterocycles. The van der Waals surface area contributed by atoms with E-state index in [-0.39, 0.29) is 5.91 Å². The van der Waals surface area contributed by atoms with Crippen LogP contribution in [0.15, 0.2) is 22.7 Å². The van der Waals surface area contributed by atoms with Crippen LogP contribution in [0.25, 0.3) is 0 Å². The Labute approximate surface area is 125 Å². The van der Waals surface area contributed by atoms with E-state index < -0.39 is 0 Å². The minimum Gasteiger partial charge on any atom is -0.325 e. The fourth-order valence-corrected chi connectivity index (χ4v) is 3.70. The quantitative estimate of drug-likeness (QED) is 0.911. The second-order valence-corrected chi connectivity index (χ2v) is 6.75. The Morgan fingerprint density at radius 3 is 2.89 bits per heavy atom. The maximum Gasteiger partial charge on any atom is 0.224 e. The Morgan fingerprint density at radius 1 is 1.47 bits per heavy atom. The number of nitriles is 1. The first-order valence-corrected chi connectivity index (χ1v) is 8.21. The third-order valence-corrected chi connectivity index (χ3v) is 4.73. The van der Waals surface area contributed by atoms with Gasteiger partial charge in [-0.25, -0.2) is 0 Å². The maximum atomic E-state index is 12.0. The summed E-state index contributed by atoms with van der Waals surface area (Å²) in [5, 5.41) is 11.9. The van der Waals surface area contributed by atoms with Crippen molar-refractivity contribution in [2.75, 3.05) is 16.8 Å². The second kappa shape index (κ2) is 6.97. The van der Waals surface area contributed by atoms with Crippen molar-refractivity contribution in [2.24, 2.45) is 5.92 Å². The smallest absolute Gasteiger partial charge is 0.224 e. The lowest BCUT2D eigenvalue weighted by atomic mass is 9.98. The highest BCUT2D eigenvalue weighted by Crippen LogP contribution is 2.26. The van der Waals surface area contributed by atoms with E-state index in [4.69, 9.17) is 5.26 Å². The number of carbonyl (C=O) groups excluding carboxylic acids is 1. The van der Waals surface area contributed by atoms with Crippen LogP contribution < -0.4 is 5.32 Å². The normalized spacial score (nSPS) is 15.8. The third-order valence-electron chi connectivity index (χ3n) is 3.19. The van der Waals surface area contributed by atoms with Crippen molar-refractivity contribution in [1.82, 2.24) is 0 Å². The number of hydrogen-bond acceptors (Lipinski definition) is 3. The van der Waals surface area contributed by atoms with Crippen molar-refractivity contribution in [3.05, 3.63) is 28.2 Å². The molecule has 1 aliphatic heterocycles. The summed E-state index contributed by atoms with van der Waals surface area (Å²) >= 11 is 5.31. The molecule has 0 aromatic heterocycles. The van der Waals surface area contributed by atoms with Crippen molar-refractivity contribution >= 4 is 39.3 Å². The lowest BCUT2D eigenvalue weighted by molar-refractivity contribution is -0.117. The van der Waals surface area contributed by atoms with E-state index in [1.807, 2.05) is 11.8 Å². The van der Waals surface area contributed by atoms with Crippen molar-refractivity contribution in [1.29, 1.82) is 5.26 Å². The van der Waals surface area contributed by atoms with Gasteiger partial charge in [-0.3, -0.25) is 4.79 Å². The van der Waals surface area contributed by atoms with E-state index in [0.29, 0.717) is 23.6 Å². The minimum absolute atomic E-state index is 0.00602. The van der Waals surface area contributed by atoms with Gasteiger partial charge in [-0.2, -0.15) is 17.0 Å². The van der Waals surface area contributed by atoms with Crippen LogP contribution >= 0.6 is 27.7 Å². The lowest BCUT2D eigenvalue weighted by Crippen LogP contribution is -2.20. The predicted octanol–water partition coefficient (Wildman–Crippen LogP) is 3.79. The molecule has 0 saturated carbocycles. The zero-order valence-electron chi connectivity index (χ0n) is 10.5. The topological polar surface area (TPSA) is 52.9 Å². The molecule has 0 unspecified atom stereocenters. The molecule has 1 aromatic rings. The molecule has 1 N–H and O–H groups in total. The molecule has 0 bridgehead atoms. The number of nitrogens with one attached hydrogen (secondary N) is 1. The molecule has 100 valence electrons. The molecule has 0 aliphatic carbocycles. The van der Waals surface area contributed by atoms with Crippen LogP contribution in [0.3, 0.4) is 0 Å². The largest absolute Gasteiger partial charge is 0.325 e. The van der Waals surface area contributed by atoms with Gasteiger partial charge in [0.1, 0.15) is 6.07 Å². The second-order valence-electron chi connectivity index (χ2n) is 4.61. The Morgan fingerprint density at radius 2 is 2.21 bits per heavy atom. The first-order chi connectivity index (χ1) is 9.19. The van der Waals surface area contributed by atoms with Gasteiger partial charge in [0.15, 0.2) is 0 Å². The average molecular weight is 339 g/mol. The Bertz CT molecular complexity index is 507. The van der Waals surface area contributed by atoms with Crippen molar-refractivity contribution in [2.45, 2.75) is 19.3 Å². The number of hydrogen-bond donors (Lipinski definition) is 1. The van der Waals surface area contributed by atoms with Crippen molar-refractivity contribution in [3.8, 4) is 6.07 Å². The van der Waals surface area contributed by atoms with Gasteiger partial charge in [0.05, 0.1) is 11.3 Å². The first kappa shape index (κ1) is 14.4. The highest BCUT2D eigenvalue weighted by Gasteiger charge is 2.18. The van der Waals surface area contributed by atoms with Gasteiger partial charge < -0.3 is 5.32 Å².